The molecule has 12 heteroatoms. The molecule has 1 aliphatic carbocycles. The zero-order valence-electron chi connectivity index (χ0n) is 24.4. The van der Waals surface area contributed by atoms with Gasteiger partial charge in [0, 0.05) is 44.3 Å². The van der Waals surface area contributed by atoms with Crippen LogP contribution in [-0.2, 0) is 24.3 Å². The first-order chi connectivity index (χ1) is 20.6. The predicted molar refractivity (Wildman–Crippen MR) is 164 cm³/mol. The summed E-state index contributed by atoms with van der Waals surface area (Å²) in [4.78, 5) is 32.6. The summed E-state index contributed by atoms with van der Waals surface area (Å²) in [6.45, 7) is 2.14. The van der Waals surface area contributed by atoms with Crippen molar-refractivity contribution < 1.29 is 23.4 Å². The summed E-state index contributed by atoms with van der Waals surface area (Å²) in [5.74, 6) is -3.53. The molecule has 1 amide bonds. The third kappa shape index (κ3) is 6.74. The molecule has 6 rings (SSSR count). The Kier molecular flexibility index (Phi) is 9.29. The fraction of sp³-hybridized carbons (Fsp3) is 0.469. The number of carbonyl (C=O) groups excluding carboxylic acids is 1. The minimum atomic E-state index is -2.80. The number of ether oxygens (including phenoxy) is 1. The van der Waals surface area contributed by atoms with Crippen molar-refractivity contribution in [3.63, 3.8) is 0 Å². The Morgan fingerprint density at radius 3 is 2.61 bits per heavy atom. The van der Waals surface area contributed by atoms with Gasteiger partial charge in [0.25, 0.3) is 5.56 Å². The number of aliphatic hydroxyl groups is 1. The Labute approximate surface area is 260 Å². The first-order valence-electron chi connectivity index (χ1n) is 14.9. The lowest BCUT2D eigenvalue weighted by Crippen LogP contribution is -2.52. The molecule has 2 aromatic carbocycles. The Bertz CT molecular complexity index is 1550. The first-order valence-corrected chi connectivity index (χ1v) is 14.9. The topological polar surface area (TPSA) is 123 Å². The number of nitrogen functional groups attached to an aromatic ring is 1. The van der Waals surface area contributed by atoms with Crippen LogP contribution in [0.2, 0.25) is 0 Å². The Hall–Kier alpha value is -3.54. The SMILES string of the molecule is Cl.Nc1c(Oc2ccc3c(c2)CNCC3)ncn(CC2(O)CCN(C(=O)[C@@H]3CCC(F)(F)C[C@H]3c3ccccc3)CC2)c1=O. The van der Waals surface area contributed by atoms with Crippen LogP contribution < -0.4 is 21.3 Å². The smallest absolute Gasteiger partial charge is 0.280 e. The zero-order chi connectivity index (χ0) is 30.2. The number of halogens is 3. The van der Waals surface area contributed by atoms with Gasteiger partial charge in [0.05, 0.1) is 12.1 Å². The van der Waals surface area contributed by atoms with E-state index in [1.54, 1.807) is 29.2 Å². The molecule has 1 saturated heterocycles. The monoisotopic (exact) mass is 629 g/mol. The largest absolute Gasteiger partial charge is 0.437 e. The van der Waals surface area contributed by atoms with Gasteiger partial charge in [0.1, 0.15) is 12.1 Å². The minimum Gasteiger partial charge on any atom is -0.437 e. The summed E-state index contributed by atoms with van der Waals surface area (Å²) in [6, 6.07) is 14.8. The van der Waals surface area contributed by atoms with Gasteiger partial charge in [-0.3, -0.25) is 14.2 Å². The van der Waals surface area contributed by atoms with Crippen LogP contribution in [-0.4, -0.2) is 56.6 Å². The molecule has 3 heterocycles. The fourth-order valence-corrected chi connectivity index (χ4v) is 6.65. The quantitative estimate of drug-likeness (QED) is 0.372. The highest BCUT2D eigenvalue weighted by Gasteiger charge is 2.46. The van der Waals surface area contributed by atoms with Gasteiger partial charge in [-0.1, -0.05) is 36.4 Å². The number of carbonyl (C=O) groups is 1. The summed E-state index contributed by atoms with van der Waals surface area (Å²) in [7, 11) is 0. The third-order valence-electron chi connectivity index (χ3n) is 9.16. The molecule has 9 nitrogen and oxygen atoms in total. The maximum absolute atomic E-state index is 14.4. The van der Waals surface area contributed by atoms with Crippen LogP contribution in [0.1, 0.15) is 54.7 Å². The first kappa shape index (κ1) is 31.9. The number of alkyl halides is 2. The Morgan fingerprint density at radius 1 is 1.11 bits per heavy atom. The maximum Gasteiger partial charge on any atom is 0.280 e. The van der Waals surface area contributed by atoms with E-state index in [-0.39, 0.29) is 81.6 Å². The van der Waals surface area contributed by atoms with E-state index in [0.717, 1.165) is 30.6 Å². The number of hydrogen-bond acceptors (Lipinski definition) is 7. The molecule has 0 spiro atoms. The van der Waals surface area contributed by atoms with E-state index in [0.29, 0.717) is 5.75 Å². The average Bonchev–Trinajstić information content (AvgIpc) is 3.01. The van der Waals surface area contributed by atoms with Crippen molar-refractivity contribution in [2.75, 3.05) is 25.4 Å². The van der Waals surface area contributed by atoms with E-state index in [9.17, 15) is 23.5 Å². The van der Waals surface area contributed by atoms with Crippen molar-refractivity contribution >= 4 is 24.0 Å². The van der Waals surface area contributed by atoms with Gasteiger partial charge in [-0.25, -0.2) is 13.8 Å². The molecule has 0 bridgehead atoms. The summed E-state index contributed by atoms with van der Waals surface area (Å²) in [6.07, 6.45) is 2.15. The molecular formula is C32H38ClF2N5O4. The van der Waals surface area contributed by atoms with Gasteiger partial charge >= 0.3 is 0 Å². The standard InChI is InChI=1S/C32H37F2N5O4.ClH/c33-32(34)10-8-25(26(17-32)22-4-2-1-3-5-22)29(40)38-14-11-31(42,12-15-38)19-39-20-37-28(27(35)30(39)41)43-24-7-6-21-9-13-36-18-23(21)16-24;/h1-7,16,20,25-26,36,42H,8-15,17-19,35H2;1H/t25-,26+;/m1./s1. The van der Waals surface area contributed by atoms with E-state index in [2.05, 4.69) is 10.3 Å². The van der Waals surface area contributed by atoms with Gasteiger partial charge in [-0.2, -0.15) is 0 Å². The number of anilines is 1. The number of nitrogens with one attached hydrogen (secondary N) is 1. The Morgan fingerprint density at radius 2 is 1.86 bits per heavy atom. The molecule has 3 aliphatic rings. The van der Waals surface area contributed by atoms with Crippen LogP contribution >= 0.6 is 12.4 Å². The zero-order valence-corrected chi connectivity index (χ0v) is 25.2. The molecule has 2 aliphatic heterocycles. The molecule has 2 fully saturated rings. The van der Waals surface area contributed by atoms with Crippen LogP contribution in [0.15, 0.2) is 59.7 Å². The molecule has 0 unspecified atom stereocenters. The van der Waals surface area contributed by atoms with E-state index >= 15 is 0 Å². The number of nitrogens with zero attached hydrogens (tertiary/aromatic N) is 3. The predicted octanol–water partition coefficient (Wildman–Crippen LogP) is 4.26. The Balaban J connectivity index is 0.00000384. The second-order valence-electron chi connectivity index (χ2n) is 12.1. The van der Waals surface area contributed by atoms with E-state index < -0.39 is 28.9 Å². The van der Waals surface area contributed by atoms with Crippen molar-refractivity contribution in [2.24, 2.45) is 5.92 Å². The number of likely N-dealkylation sites (tertiary alicyclic amines) is 1. The van der Waals surface area contributed by atoms with E-state index in [1.807, 2.05) is 24.3 Å². The lowest BCUT2D eigenvalue weighted by Gasteiger charge is -2.42. The van der Waals surface area contributed by atoms with Crippen LogP contribution in [0, 0.1) is 5.92 Å². The lowest BCUT2D eigenvalue weighted by atomic mass is 9.73. The molecule has 4 N–H and O–H groups in total. The lowest BCUT2D eigenvalue weighted by molar-refractivity contribution is -0.145. The molecule has 1 aromatic heterocycles. The van der Waals surface area contributed by atoms with Gasteiger partial charge in [0.15, 0.2) is 5.69 Å². The van der Waals surface area contributed by atoms with Gasteiger partial charge in [-0.15, -0.1) is 12.4 Å². The molecule has 3 aromatic rings. The summed E-state index contributed by atoms with van der Waals surface area (Å²) in [5, 5.41) is 14.7. The number of hydrogen-bond donors (Lipinski definition) is 3. The van der Waals surface area contributed by atoms with Crippen molar-refractivity contribution in [1.82, 2.24) is 19.8 Å². The number of nitrogens with two attached hydrogens (primary N) is 1. The van der Waals surface area contributed by atoms with Crippen LogP contribution in [0.5, 0.6) is 11.6 Å². The minimum absolute atomic E-state index is 0. The van der Waals surface area contributed by atoms with Gasteiger partial charge in [-0.05, 0) is 61.1 Å². The normalized spacial score (nSPS) is 22.4. The fourth-order valence-electron chi connectivity index (χ4n) is 6.65. The van der Waals surface area contributed by atoms with Crippen molar-refractivity contribution in [2.45, 2.75) is 69.1 Å². The highest BCUT2D eigenvalue weighted by Crippen LogP contribution is 2.46. The highest BCUT2D eigenvalue weighted by atomic mass is 35.5. The van der Waals surface area contributed by atoms with Crippen LogP contribution in [0.4, 0.5) is 14.5 Å². The van der Waals surface area contributed by atoms with E-state index in [1.165, 1.54) is 16.5 Å². The summed E-state index contributed by atoms with van der Waals surface area (Å²) < 4.78 is 35.9. The number of aromatic nitrogens is 2. The molecule has 44 heavy (non-hydrogen) atoms. The molecular weight excluding hydrogens is 592 g/mol. The van der Waals surface area contributed by atoms with E-state index in [4.69, 9.17) is 10.5 Å². The molecule has 236 valence electrons. The highest BCUT2D eigenvalue weighted by molar-refractivity contribution is 5.85. The van der Waals surface area contributed by atoms with Crippen molar-refractivity contribution in [3.05, 3.63) is 81.9 Å². The number of amides is 1. The molecule has 0 radical (unpaired) electrons. The molecule has 1 saturated carbocycles. The summed E-state index contributed by atoms with van der Waals surface area (Å²) in [5.41, 5.74) is 7.30. The van der Waals surface area contributed by atoms with Gasteiger partial charge < -0.3 is 25.8 Å². The number of fused-ring (bicyclic) bond motifs is 1. The average molecular weight is 630 g/mol. The number of piperidine rings is 1. The molecule has 2 atom stereocenters. The van der Waals surface area contributed by atoms with Crippen LogP contribution in [0.3, 0.4) is 0 Å². The van der Waals surface area contributed by atoms with Crippen molar-refractivity contribution in [3.8, 4) is 11.6 Å². The summed E-state index contributed by atoms with van der Waals surface area (Å²) >= 11 is 0. The van der Waals surface area contributed by atoms with Crippen LogP contribution in [0.25, 0.3) is 0 Å². The number of rotatable bonds is 6. The van der Waals surface area contributed by atoms with Crippen molar-refractivity contribution in [1.29, 1.82) is 0 Å². The number of benzene rings is 2. The second-order valence-corrected chi connectivity index (χ2v) is 12.1. The second kappa shape index (κ2) is 12.8. The van der Waals surface area contributed by atoms with Gasteiger partial charge in [0.2, 0.25) is 17.7 Å². The third-order valence-corrected chi connectivity index (χ3v) is 9.16. The maximum atomic E-state index is 14.4.